The van der Waals surface area contributed by atoms with Gasteiger partial charge in [-0.05, 0) is 62.6 Å². The second-order valence-electron chi connectivity index (χ2n) is 6.70. The van der Waals surface area contributed by atoms with E-state index in [0.717, 1.165) is 61.3 Å². The highest BCUT2D eigenvalue weighted by Crippen LogP contribution is 2.38. The Morgan fingerprint density at radius 1 is 1.21 bits per heavy atom. The molecule has 0 radical (unpaired) electrons. The molecule has 0 spiro atoms. The molecule has 2 aliphatic carbocycles. The van der Waals surface area contributed by atoms with Crippen LogP contribution in [0.25, 0.3) is 11.3 Å². The Hall–Kier alpha value is -1.17. The number of aryl methyl sites for hydroxylation is 2. The minimum absolute atomic E-state index is 0. The van der Waals surface area contributed by atoms with Gasteiger partial charge in [-0.2, -0.15) is 0 Å². The van der Waals surface area contributed by atoms with Crippen LogP contribution in [0.1, 0.15) is 44.0 Å². The fourth-order valence-electron chi connectivity index (χ4n) is 3.66. The van der Waals surface area contributed by atoms with Crippen molar-refractivity contribution in [3.63, 3.8) is 0 Å². The summed E-state index contributed by atoms with van der Waals surface area (Å²) in [6, 6.07) is 5.94. The minimum atomic E-state index is -0.180. The molecule has 1 heterocycles. The van der Waals surface area contributed by atoms with Crippen molar-refractivity contribution in [3.8, 4) is 11.3 Å². The number of aromatic nitrogens is 1. The molecule has 6 heteroatoms. The SMILES string of the molecule is NC1CCC(Nc2nc3c(s2)CCCc2ccc(F)cc2-3)CC1.[Cl-].[H+]. The van der Waals surface area contributed by atoms with Gasteiger partial charge in [0.15, 0.2) is 5.13 Å². The van der Waals surface area contributed by atoms with Crippen LogP contribution in [-0.4, -0.2) is 17.1 Å². The van der Waals surface area contributed by atoms with E-state index >= 15 is 0 Å². The molecular weight excluding hydrogens is 345 g/mol. The van der Waals surface area contributed by atoms with Crippen molar-refractivity contribution >= 4 is 16.5 Å². The molecule has 0 amide bonds. The summed E-state index contributed by atoms with van der Waals surface area (Å²) in [5.74, 6) is -0.180. The molecule has 1 aromatic carbocycles. The summed E-state index contributed by atoms with van der Waals surface area (Å²) in [4.78, 5) is 6.10. The van der Waals surface area contributed by atoms with Crippen LogP contribution in [0, 0.1) is 5.82 Å². The molecule has 0 bridgehead atoms. The lowest BCUT2D eigenvalue weighted by Crippen LogP contribution is -3.00. The lowest BCUT2D eigenvalue weighted by atomic mass is 9.92. The maximum Gasteiger partial charge on any atom is 1.00 e. The number of benzene rings is 1. The second kappa shape index (κ2) is 7.38. The maximum atomic E-state index is 13.7. The molecule has 2 aliphatic rings. The summed E-state index contributed by atoms with van der Waals surface area (Å²) in [7, 11) is 0. The molecule has 0 atom stereocenters. The number of rotatable bonds is 2. The first-order valence-corrected chi connectivity index (χ1v) is 9.31. The third-order valence-electron chi connectivity index (χ3n) is 4.97. The Kier molecular flexibility index (Phi) is 5.42. The summed E-state index contributed by atoms with van der Waals surface area (Å²) >= 11 is 1.74. The normalized spacial score (nSPS) is 22.8. The lowest BCUT2D eigenvalue weighted by molar-refractivity contribution is -0.00000539. The third kappa shape index (κ3) is 3.58. The van der Waals surface area contributed by atoms with Crippen LogP contribution in [0.3, 0.4) is 0 Å². The van der Waals surface area contributed by atoms with Gasteiger partial charge in [0.05, 0.1) is 5.69 Å². The summed E-state index contributed by atoms with van der Waals surface area (Å²) < 4.78 is 13.7. The van der Waals surface area contributed by atoms with Gasteiger partial charge in [-0.1, -0.05) is 6.07 Å². The average molecular weight is 368 g/mol. The molecule has 24 heavy (non-hydrogen) atoms. The van der Waals surface area contributed by atoms with Crippen LogP contribution in [-0.2, 0) is 12.8 Å². The number of hydrogen-bond acceptors (Lipinski definition) is 4. The van der Waals surface area contributed by atoms with E-state index in [9.17, 15) is 4.39 Å². The fourth-order valence-corrected chi connectivity index (χ4v) is 4.75. The van der Waals surface area contributed by atoms with Crippen molar-refractivity contribution in [3.05, 3.63) is 34.5 Å². The average Bonchev–Trinajstić information content (AvgIpc) is 2.86. The highest BCUT2D eigenvalue weighted by Gasteiger charge is 2.23. The first-order valence-electron chi connectivity index (χ1n) is 8.49. The van der Waals surface area contributed by atoms with Crippen molar-refractivity contribution in [2.75, 3.05) is 5.32 Å². The van der Waals surface area contributed by atoms with Crippen LogP contribution in [0.2, 0.25) is 0 Å². The zero-order valence-electron chi connectivity index (χ0n) is 14.5. The van der Waals surface area contributed by atoms with Crippen LogP contribution < -0.4 is 23.5 Å². The van der Waals surface area contributed by atoms with Crippen molar-refractivity contribution in [2.24, 2.45) is 5.73 Å². The Balaban J connectivity index is 0.00000113. The van der Waals surface area contributed by atoms with Gasteiger partial charge in [-0.3, -0.25) is 0 Å². The standard InChI is InChI=1S/C18H22FN3S.ClH/c19-12-5-4-11-2-1-3-16-17(15(11)10-12)22-18(23-16)21-14-8-6-13(20)7-9-14;/h4-5,10,13-14H,1-3,6-9,20H2,(H,21,22);1H. The summed E-state index contributed by atoms with van der Waals surface area (Å²) in [5.41, 5.74) is 9.15. The Morgan fingerprint density at radius 3 is 2.79 bits per heavy atom. The molecule has 4 rings (SSSR count). The number of nitrogens with one attached hydrogen (secondary N) is 1. The molecule has 1 saturated carbocycles. The zero-order chi connectivity index (χ0) is 15.8. The topological polar surface area (TPSA) is 50.9 Å². The molecule has 3 nitrogen and oxygen atoms in total. The zero-order valence-corrected chi connectivity index (χ0v) is 15.1. The number of halogens is 2. The largest absolute Gasteiger partial charge is 1.00 e. The van der Waals surface area contributed by atoms with E-state index in [-0.39, 0.29) is 19.7 Å². The highest BCUT2D eigenvalue weighted by atomic mass is 35.5. The summed E-state index contributed by atoms with van der Waals surface area (Å²) in [6.07, 6.45) is 7.51. The third-order valence-corrected chi connectivity index (χ3v) is 6.02. The van der Waals surface area contributed by atoms with E-state index in [1.165, 1.54) is 10.4 Å². The van der Waals surface area contributed by atoms with Crippen molar-refractivity contribution in [1.29, 1.82) is 0 Å². The summed E-state index contributed by atoms with van der Waals surface area (Å²) in [6.45, 7) is 0. The van der Waals surface area contributed by atoms with E-state index in [1.807, 2.05) is 6.07 Å². The second-order valence-corrected chi connectivity index (χ2v) is 7.79. The maximum absolute atomic E-state index is 13.7. The van der Waals surface area contributed by atoms with E-state index < -0.39 is 0 Å². The number of thiazole rings is 1. The summed E-state index contributed by atoms with van der Waals surface area (Å²) in [5, 5.41) is 4.56. The van der Waals surface area contributed by atoms with Crippen LogP contribution in [0.15, 0.2) is 18.2 Å². The first-order chi connectivity index (χ1) is 11.2. The van der Waals surface area contributed by atoms with Gasteiger partial charge in [0.25, 0.3) is 0 Å². The molecule has 130 valence electrons. The number of anilines is 1. The van der Waals surface area contributed by atoms with Gasteiger partial charge >= 0.3 is 1.43 Å². The van der Waals surface area contributed by atoms with Crippen molar-refractivity contribution < 1.29 is 18.2 Å². The molecule has 1 aromatic heterocycles. The van der Waals surface area contributed by atoms with Gasteiger partial charge in [0.1, 0.15) is 5.82 Å². The van der Waals surface area contributed by atoms with Crippen LogP contribution >= 0.6 is 11.3 Å². The number of fused-ring (bicyclic) bond motifs is 3. The fraction of sp³-hybridized carbons (Fsp3) is 0.500. The van der Waals surface area contributed by atoms with Crippen LogP contribution in [0.5, 0.6) is 0 Å². The molecule has 0 aliphatic heterocycles. The Labute approximate surface area is 153 Å². The van der Waals surface area contributed by atoms with E-state index in [1.54, 1.807) is 23.5 Å². The predicted octanol–water partition coefficient (Wildman–Crippen LogP) is 1.24. The van der Waals surface area contributed by atoms with Gasteiger partial charge in [-0.15, -0.1) is 11.3 Å². The monoisotopic (exact) mass is 367 g/mol. The molecule has 2 aromatic rings. The lowest BCUT2D eigenvalue weighted by Gasteiger charge is -2.26. The molecule has 0 saturated heterocycles. The van der Waals surface area contributed by atoms with Crippen molar-refractivity contribution in [2.45, 2.75) is 57.0 Å². The van der Waals surface area contributed by atoms with Gasteiger partial charge < -0.3 is 23.5 Å². The molecule has 1 fully saturated rings. The number of hydrogen-bond donors (Lipinski definition) is 2. The molecule has 3 N–H and O–H groups in total. The van der Waals surface area contributed by atoms with E-state index in [2.05, 4.69) is 5.32 Å². The van der Waals surface area contributed by atoms with E-state index in [0.29, 0.717) is 12.1 Å². The van der Waals surface area contributed by atoms with Crippen molar-refractivity contribution in [1.82, 2.24) is 4.98 Å². The number of nitrogens with zero attached hydrogens (tertiary/aromatic N) is 1. The predicted molar refractivity (Wildman–Crippen MR) is 94.5 cm³/mol. The van der Waals surface area contributed by atoms with Crippen LogP contribution in [0.4, 0.5) is 9.52 Å². The molecular formula is C18H23ClFN3S. The Morgan fingerprint density at radius 2 is 2.00 bits per heavy atom. The highest BCUT2D eigenvalue weighted by molar-refractivity contribution is 7.16. The minimum Gasteiger partial charge on any atom is -1.00 e. The molecule has 0 unspecified atom stereocenters. The van der Waals surface area contributed by atoms with Gasteiger partial charge in [0, 0.05) is 22.5 Å². The number of nitrogens with two attached hydrogens (primary N) is 1. The quantitative estimate of drug-likeness (QED) is 0.839. The smallest absolute Gasteiger partial charge is 1.00 e. The van der Waals surface area contributed by atoms with E-state index in [4.69, 9.17) is 10.7 Å². The van der Waals surface area contributed by atoms with Gasteiger partial charge in [0.2, 0.25) is 0 Å². The van der Waals surface area contributed by atoms with Gasteiger partial charge in [-0.25, -0.2) is 9.37 Å². The Bertz CT molecular complexity index is 716. The first kappa shape index (κ1) is 17.6.